The van der Waals surface area contributed by atoms with Crippen LogP contribution in [0.4, 0.5) is 0 Å². The molecule has 0 fully saturated rings. The van der Waals surface area contributed by atoms with Gasteiger partial charge in [0.05, 0.1) is 5.54 Å². The zero-order valence-electron chi connectivity index (χ0n) is 17.5. The van der Waals surface area contributed by atoms with Crippen molar-refractivity contribution in [3.05, 3.63) is 94.2 Å². The number of pyridine rings is 1. The van der Waals surface area contributed by atoms with Crippen molar-refractivity contribution >= 4 is 11.3 Å². The Morgan fingerprint density at radius 1 is 0.967 bits per heavy atom. The lowest BCUT2D eigenvalue weighted by atomic mass is 10.1. The molecule has 0 bridgehead atoms. The summed E-state index contributed by atoms with van der Waals surface area (Å²) in [5.74, 6) is 0.852. The van der Waals surface area contributed by atoms with Gasteiger partial charge in [0.25, 0.3) is 0 Å². The van der Waals surface area contributed by atoms with E-state index in [2.05, 4.69) is 94.0 Å². The van der Waals surface area contributed by atoms with E-state index in [0.29, 0.717) is 0 Å². The van der Waals surface area contributed by atoms with Gasteiger partial charge in [-0.25, -0.2) is 4.68 Å². The van der Waals surface area contributed by atoms with E-state index in [1.807, 2.05) is 29.2 Å². The molecule has 154 valence electrons. The molecule has 0 aliphatic heterocycles. The van der Waals surface area contributed by atoms with Crippen molar-refractivity contribution in [1.29, 1.82) is 0 Å². The molecule has 4 rings (SSSR count). The van der Waals surface area contributed by atoms with Crippen LogP contribution in [0.2, 0.25) is 0 Å². The summed E-state index contributed by atoms with van der Waals surface area (Å²) < 4.78 is 1.94. The van der Waals surface area contributed by atoms with Gasteiger partial charge in [0, 0.05) is 30.4 Å². The molecule has 0 amide bonds. The molecule has 0 spiro atoms. The normalized spacial score (nSPS) is 12.9. The quantitative estimate of drug-likeness (QED) is 0.436. The number of benzene rings is 1. The van der Waals surface area contributed by atoms with E-state index in [9.17, 15) is 0 Å². The Bertz CT molecular complexity index is 997. The monoisotopic (exact) mass is 418 g/mol. The zero-order chi connectivity index (χ0) is 21.0. The van der Waals surface area contributed by atoms with E-state index < -0.39 is 0 Å². The summed E-state index contributed by atoms with van der Waals surface area (Å²) in [6.07, 6.45) is 3.73. The molecule has 3 heterocycles. The average Bonchev–Trinajstić information content (AvgIpc) is 3.42. The van der Waals surface area contributed by atoms with Crippen LogP contribution < -0.4 is 0 Å². The molecule has 0 unspecified atom stereocenters. The molecule has 1 atom stereocenters. The highest BCUT2D eigenvalue weighted by Crippen LogP contribution is 2.34. The van der Waals surface area contributed by atoms with Crippen molar-refractivity contribution in [2.24, 2.45) is 0 Å². The van der Waals surface area contributed by atoms with E-state index in [1.54, 1.807) is 11.3 Å². The van der Waals surface area contributed by atoms with Crippen LogP contribution in [0.15, 0.2) is 72.4 Å². The van der Waals surface area contributed by atoms with Gasteiger partial charge in [0.15, 0.2) is 5.82 Å². The minimum absolute atomic E-state index is 0.0698. The molecule has 7 heteroatoms. The summed E-state index contributed by atoms with van der Waals surface area (Å²) in [5.41, 5.74) is 2.18. The Kier molecular flexibility index (Phi) is 6.01. The average molecular weight is 419 g/mol. The summed E-state index contributed by atoms with van der Waals surface area (Å²) in [5, 5.41) is 15.0. The standard InChI is InChI=1S/C23H26N6S/c1-23(2,3)29-22(25-26-27-29)21(20-12-8-14-30-20)28(16-18-9-5-4-6-10-18)17-19-11-7-13-24-15-19/h4-15,21H,16-17H2,1-3H3/t21-/m0/s1. The van der Waals surface area contributed by atoms with Gasteiger partial charge in [-0.1, -0.05) is 42.5 Å². The lowest BCUT2D eigenvalue weighted by Gasteiger charge is -2.32. The second-order valence-electron chi connectivity index (χ2n) is 8.29. The van der Waals surface area contributed by atoms with Crippen molar-refractivity contribution in [3.63, 3.8) is 0 Å². The summed E-state index contributed by atoms with van der Waals surface area (Å²) in [4.78, 5) is 7.96. The highest BCUT2D eigenvalue weighted by molar-refractivity contribution is 7.10. The number of thiophene rings is 1. The summed E-state index contributed by atoms with van der Waals surface area (Å²) in [6.45, 7) is 7.89. The van der Waals surface area contributed by atoms with Crippen LogP contribution in [-0.4, -0.2) is 30.1 Å². The van der Waals surface area contributed by atoms with Crippen molar-refractivity contribution in [3.8, 4) is 0 Å². The van der Waals surface area contributed by atoms with Gasteiger partial charge in [0.2, 0.25) is 0 Å². The van der Waals surface area contributed by atoms with Crippen molar-refractivity contribution in [2.45, 2.75) is 45.4 Å². The number of aromatic nitrogens is 5. The molecule has 30 heavy (non-hydrogen) atoms. The third-order valence-electron chi connectivity index (χ3n) is 4.89. The minimum atomic E-state index is -0.221. The summed E-state index contributed by atoms with van der Waals surface area (Å²) in [6, 6.07) is 18.8. The number of rotatable bonds is 7. The number of hydrogen-bond acceptors (Lipinski definition) is 6. The highest BCUT2D eigenvalue weighted by Gasteiger charge is 2.32. The van der Waals surface area contributed by atoms with Crippen LogP contribution in [0.3, 0.4) is 0 Å². The highest BCUT2D eigenvalue weighted by atomic mass is 32.1. The first kappa shape index (κ1) is 20.4. The SMILES string of the molecule is CC(C)(C)n1nnnc1[C@H](c1cccs1)N(Cc1ccccc1)Cc1cccnc1. The Morgan fingerprint density at radius 2 is 1.73 bits per heavy atom. The van der Waals surface area contributed by atoms with E-state index in [-0.39, 0.29) is 11.6 Å². The van der Waals surface area contributed by atoms with Crippen LogP contribution in [0, 0.1) is 0 Å². The van der Waals surface area contributed by atoms with Gasteiger partial charge >= 0.3 is 0 Å². The van der Waals surface area contributed by atoms with Crippen LogP contribution in [0.25, 0.3) is 0 Å². The Balaban J connectivity index is 1.80. The maximum atomic E-state index is 4.49. The third-order valence-corrected chi connectivity index (χ3v) is 5.81. The topological polar surface area (TPSA) is 59.7 Å². The summed E-state index contributed by atoms with van der Waals surface area (Å²) >= 11 is 1.73. The Hall–Kier alpha value is -2.90. The third kappa shape index (κ3) is 4.63. The second kappa shape index (κ2) is 8.85. The molecule has 0 saturated carbocycles. The van der Waals surface area contributed by atoms with Crippen LogP contribution in [-0.2, 0) is 18.6 Å². The van der Waals surface area contributed by atoms with Gasteiger partial charge in [-0.05, 0) is 59.8 Å². The number of nitrogens with zero attached hydrogens (tertiary/aromatic N) is 6. The number of hydrogen-bond donors (Lipinski definition) is 0. The smallest absolute Gasteiger partial charge is 0.174 e. The van der Waals surface area contributed by atoms with Crippen molar-refractivity contribution in [1.82, 2.24) is 30.1 Å². The first-order chi connectivity index (χ1) is 14.5. The van der Waals surface area contributed by atoms with Gasteiger partial charge in [-0.2, -0.15) is 0 Å². The molecule has 0 N–H and O–H groups in total. The largest absolute Gasteiger partial charge is 0.280 e. The fraction of sp³-hybridized carbons (Fsp3) is 0.304. The van der Waals surface area contributed by atoms with E-state index >= 15 is 0 Å². The van der Waals surface area contributed by atoms with Crippen molar-refractivity contribution in [2.75, 3.05) is 0 Å². The van der Waals surface area contributed by atoms with E-state index in [1.165, 1.54) is 10.4 Å². The van der Waals surface area contributed by atoms with Crippen molar-refractivity contribution < 1.29 is 0 Å². The number of tetrazole rings is 1. The molecule has 1 aromatic carbocycles. The lowest BCUT2D eigenvalue weighted by Crippen LogP contribution is -2.34. The Labute approximate surface area is 181 Å². The van der Waals surface area contributed by atoms with Gasteiger partial charge in [-0.3, -0.25) is 9.88 Å². The fourth-order valence-electron chi connectivity index (χ4n) is 3.54. The van der Waals surface area contributed by atoms with E-state index in [0.717, 1.165) is 24.5 Å². The molecular formula is C23H26N6S. The maximum absolute atomic E-state index is 4.49. The maximum Gasteiger partial charge on any atom is 0.174 e. The molecular weight excluding hydrogens is 392 g/mol. The fourth-order valence-corrected chi connectivity index (χ4v) is 4.40. The van der Waals surface area contributed by atoms with Gasteiger partial charge < -0.3 is 0 Å². The van der Waals surface area contributed by atoms with Crippen LogP contribution in [0.1, 0.15) is 48.6 Å². The predicted octanol–water partition coefficient (Wildman–Crippen LogP) is 4.68. The van der Waals surface area contributed by atoms with Gasteiger partial charge in [-0.15, -0.1) is 16.4 Å². The minimum Gasteiger partial charge on any atom is -0.280 e. The lowest BCUT2D eigenvalue weighted by molar-refractivity contribution is 0.187. The molecule has 0 aliphatic carbocycles. The first-order valence-electron chi connectivity index (χ1n) is 10.0. The molecule has 0 radical (unpaired) electrons. The Morgan fingerprint density at radius 3 is 2.40 bits per heavy atom. The summed E-state index contributed by atoms with van der Waals surface area (Å²) in [7, 11) is 0. The van der Waals surface area contributed by atoms with Gasteiger partial charge in [0.1, 0.15) is 6.04 Å². The van der Waals surface area contributed by atoms with E-state index in [4.69, 9.17) is 0 Å². The predicted molar refractivity (Wildman–Crippen MR) is 119 cm³/mol. The molecule has 6 nitrogen and oxygen atoms in total. The zero-order valence-corrected chi connectivity index (χ0v) is 18.3. The molecule has 0 saturated heterocycles. The molecule has 0 aliphatic rings. The van der Waals surface area contributed by atoms with Crippen LogP contribution in [0.5, 0.6) is 0 Å². The second-order valence-corrected chi connectivity index (χ2v) is 9.27. The molecule has 3 aromatic heterocycles. The molecule has 4 aromatic rings. The van der Waals surface area contributed by atoms with Crippen LogP contribution >= 0.6 is 11.3 Å². The first-order valence-corrected chi connectivity index (χ1v) is 10.9.